The molecule has 1 amide bonds. The summed E-state index contributed by atoms with van der Waals surface area (Å²) in [7, 11) is 0. The maximum Gasteiger partial charge on any atom is 0.246 e. The van der Waals surface area contributed by atoms with E-state index < -0.39 is 0 Å². The van der Waals surface area contributed by atoms with Gasteiger partial charge in [-0.25, -0.2) is 0 Å². The summed E-state index contributed by atoms with van der Waals surface area (Å²) in [5.41, 5.74) is 1.26. The lowest BCUT2D eigenvalue weighted by Gasteiger charge is -2.10. The molecule has 3 rings (SSSR count). The van der Waals surface area contributed by atoms with E-state index in [4.69, 9.17) is 0 Å². The fourth-order valence-corrected chi connectivity index (χ4v) is 2.70. The zero-order valence-electron chi connectivity index (χ0n) is 11.5. The van der Waals surface area contributed by atoms with Gasteiger partial charge in [0.15, 0.2) is 0 Å². The monoisotopic (exact) mass is 405 g/mol. The average Bonchev–Trinajstić information content (AvgIpc) is 2.53. The number of halogens is 1. The predicted molar refractivity (Wildman–Crippen MR) is 93.8 cm³/mol. The third kappa shape index (κ3) is 3.01. The number of amides is 1. The maximum atomic E-state index is 12.2. The van der Waals surface area contributed by atoms with E-state index in [0.29, 0.717) is 10.9 Å². The van der Waals surface area contributed by atoms with Crippen LogP contribution in [0.25, 0.3) is 10.9 Å². The fourth-order valence-electron chi connectivity index (χ4n) is 2.18. The van der Waals surface area contributed by atoms with E-state index in [-0.39, 0.29) is 17.9 Å². The first-order valence-corrected chi connectivity index (χ1v) is 7.72. The van der Waals surface area contributed by atoms with E-state index in [2.05, 4.69) is 33.0 Å². The van der Waals surface area contributed by atoms with E-state index in [1.54, 1.807) is 18.2 Å². The van der Waals surface area contributed by atoms with Crippen LogP contribution in [-0.4, -0.2) is 15.7 Å². The van der Waals surface area contributed by atoms with Crippen molar-refractivity contribution in [1.82, 2.24) is 9.78 Å². The van der Waals surface area contributed by atoms with Crippen molar-refractivity contribution in [1.29, 1.82) is 0 Å². The minimum Gasteiger partial charge on any atom is -0.324 e. The smallest absolute Gasteiger partial charge is 0.246 e. The van der Waals surface area contributed by atoms with E-state index in [9.17, 15) is 9.59 Å². The van der Waals surface area contributed by atoms with Crippen LogP contribution in [0.15, 0.2) is 59.5 Å². The number of aromatic nitrogens is 2. The molecule has 0 fully saturated rings. The third-order valence-corrected chi connectivity index (χ3v) is 4.14. The Morgan fingerprint density at radius 2 is 1.86 bits per heavy atom. The molecule has 0 bridgehead atoms. The summed E-state index contributed by atoms with van der Waals surface area (Å²) >= 11 is 2.16. The topological polar surface area (TPSA) is 64.0 Å². The van der Waals surface area contributed by atoms with Crippen LogP contribution in [-0.2, 0) is 11.3 Å². The van der Waals surface area contributed by atoms with Gasteiger partial charge in [0.2, 0.25) is 11.3 Å². The van der Waals surface area contributed by atoms with Crippen LogP contribution in [0.4, 0.5) is 5.69 Å². The number of hydrogen-bond acceptors (Lipinski definition) is 3. The van der Waals surface area contributed by atoms with Crippen LogP contribution < -0.4 is 10.7 Å². The van der Waals surface area contributed by atoms with Crippen LogP contribution in [0.5, 0.6) is 0 Å². The number of fused-ring (bicyclic) bond motifs is 1. The van der Waals surface area contributed by atoms with Crippen LogP contribution in [0.2, 0.25) is 0 Å². The first kappa shape index (κ1) is 14.7. The molecule has 0 spiro atoms. The van der Waals surface area contributed by atoms with Crippen LogP contribution >= 0.6 is 22.6 Å². The summed E-state index contributed by atoms with van der Waals surface area (Å²) in [6, 6.07) is 14.7. The molecule has 6 heteroatoms. The van der Waals surface area contributed by atoms with Crippen molar-refractivity contribution in [3.05, 3.63) is 68.5 Å². The van der Waals surface area contributed by atoms with Gasteiger partial charge in [0.1, 0.15) is 6.54 Å². The highest BCUT2D eigenvalue weighted by atomic mass is 127. The summed E-state index contributed by atoms with van der Waals surface area (Å²) in [6.45, 7) is 0.0474. The van der Waals surface area contributed by atoms with Crippen molar-refractivity contribution in [2.24, 2.45) is 0 Å². The summed E-state index contributed by atoms with van der Waals surface area (Å²) in [5, 5.41) is 7.46. The third-order valence-electron chi connectivity index (χ3n) is 3.20. The zero-order valence-corrected chi connectivity index (χ0v) is 13.6. The molecular formula is C16H12IN3O2. The number of carbonyl (C=O) groups is 1. The highest BCUT2D eigenvalue weighted by molar-refractivity contribution is 14.1. The Labute approximate surface area is 140 Å². The highest BCUT2D eigenvalue weighted by Gasteiger charge is 2.09. The summed E-state index contributed by atoms with van der Waals surface area (Å²) in [6.07, 6.45) is 1.24. The Kier molecular flexibility index (Phi) is 4.19. The quantitative estimate of drug-likeness (QED) is 0.682. The van der Waals surface area contributed by atoms with Crippen molar-refractivity contribution < 1.29 is 4.79 Å². The molecular weight excluding hydrogens is 393 g/mol. The molecule has 3 aromatic rings. The minimum absolute atomic E-state index is 0.0474. The van der Waals surface area contributed by atoms with Gasteiger partial charge in [-0.3, -0.25) is 14.3 Å². The lowest BCUT2D eigenvalue weighted by molar-refractivity contribution is -0.116. The molecule has 0 aliphatic rings. The first-order valence-electron chi connectivity index (χ1n) is 6.64. The van der Waals surface area contributed by atoms with Gasteiger partial charge >= 0.3 is 0 Å². The molecule has 0 saturated carbocycles. The molecule has 0 unspecified atom stereocenters. The minimum atomic E-state index is -0.189. The van der Waals surface area contributed by atoms with Gasteiger partial charge in [0, 0.05) is 8.96 Å². The molecule has 0 radical (unpaired) electrons. The fraction of sp³-hybridized carbons (Fsp3) is 0.0625. The number of anilines is 1. The molecule has 22 heavy (non-hydrogen) atoms. The van der Waals surface area contributed by atoms with Crippen LogP contribution in [0, 0.1) is 3.57 Å². The maximum absolute atomic E-state index is 12.2. The molecule has 0 aliphatic heterocycles. The van der Waals surface area contributed by atoms with Gasteiger partial charge in [0.25, 0.3) is 0 Å². The van der Waals surface area contributed by atoms with Crippen molar-refractivity contribution >= 4 is 45.1 Å². The van der Waals surface area contributed by atoms with Gasteiger partial charge < -0.3 is 5.32 Å². The standard InChI is InChI=1S/C16H12IN3O2/c17-12-6-2-3-7-13(12)19-16(22)10-20-14-8-4-1-5-11(14)15(21)9-18-20/h1-9H,10H2,(H,19,22). The Morgan fingerprint density at radius 1 is 1.14 bits per heavy atom. The van der Waals surface area contributed by atoms with Crippen LogP contribution in [0.3, 0.4) is 0 Å². The second-order valence-electron chi connectivity index (χ2n) is 4.71. The van der Waals surface area contributed by atoms with Crippen LogP contribution in [0.1, 0.15) is 0 Å². The van der Waals surface area contributed by atoms with Gasteiger partial charge in [-0.05, 0) is 46.9 Å². The van der Waals surface area contributed by atoms with Gasteiger partial charge in [-0.1, -0.05) is 24.3 Å². The second kappa shape index (κ2) is 6.27. The van der Waals surface area contributed by atoms with E-state index in [0.717, 1.165) is 9.26 Å². The Balaban J connectivity index is 1.88. The summed E-state index contributed by atoms with van der Waals surface area (Å²) in [4.78, 5) is 24.0. The number of carbonyl (C=O) groups excluding carboxylic acids is 1. The Bertz CT molecular complexity index is 905. The van der Waals surface area contributed by atoms with E-state index >= 15 is 0 Å². The number of para-hydroxylation sites is 2. The van der Waals surface area contributed by atoms with Gasteiger partial charge in [0.05, 0.1) is 17.4 Å². The largest absolute Gasteiger partial charge is 0.324 e. The molecule has 110 valence electrons. The highest BCUT2D eigenvalue weighted by Crippen LogP contribution is 2.17. The lowest BCUT2D eigenvalue weighted by Crippen LogP contribution is -2.22. The average molecular weight is 405 g/mol. The summed E-state index contributed by atoms with van der Waals surface area (Å²) in [5.74, 6) is -0.189. The normalized spacial score (nSPS) is 10.6. The molecule has 0 aliphatic carbocycles. The molecule has 0 atom stereocenters. The van der Waals surface area contributed by atoms with Gasteiger partial charge in [-0.2, -0.15) is 5.10 Å². The van der Waals surface area contributed by atoms with E-state index in [1.807, 2.05) is 30.3 Å². The van der Waals surface area contributed by atoms with Gasteiger partial charge in [-0.15, -0.1) is 0 Å². The van der Waals surface area contributed by atoms with Crippen molar-refractivity contribution in [3.8, 4) is 0 Å². The number of rotatable bonds is 3. The first-order chi connectivity index (χ1) is 10.6. The lowest BCUT2D eigenvalue weighted by atomic mass is 10.2. The molecule has 0 saturated heterocycles. The number of nitrogens with zero attached hydrogens (tertiary/aromatic N) is 2. The molecule has 2 aromatic carbocycles. The number of hydrogen-bond donors (Lipinski definition) is 1. The van der Waals surface area contributed by atoms with Crippen molar-refractivity contribution in [3.63, 3.8) is 0 Å². The number of benzene rings is 2. The molecule has 1 N–H and O–H groups in total. The molecule has 1 aromatic heterocycles. The van der Waals surface area contributed by atoms with E-state index in [1.165, 1.54) is 10.9 Å². The van der Waals surface area contributed by atoms with Crippen molar-refractivity contribution in [2.45, 2.75) is 6.54 Å². The Morgan fingerprint density at radius 3 is 2.68 bits per heavy atom. The Hall–Kier alpha value is -2.22. The number of nitrogens with one attached hydrogen (secondary N) is 1. The predicted octanol–water partition coefficient (Wildman–Crippen LogP) is 2.64. The SMILES string of the molecule is O=C(Cn1ncc(=O)c2ccccc21)Nc1ccccc1I. The summed E-state index contributed by atoms with van der Waals surface area (Å²) < 4.78 is 2.49. The van der Waals surface area contributed by atoms with Crippen molar-refractivity contribution in [2.75, 3.05) is 5.32 Å². The second-order valence-corrected chi connectivity index (χ2v) is 5.87. The molecule has 1 heterocycles. The molecule has 5 nitrogen and oxygen atoms in total. The zero-order chi connectivity index (χ0) is 15.5.